The first-order chi connectivity index (χ1) is 9.99. The molecular weight excluding hydrogens is 272 g/mol. The van der Waals surface area contributed by atoms with Crippen LogP contribution < -0.4 is 0 Å². The summed E-state index contributed by atoms with van der Waals surface area (Å²) >= 11 is 0. The Morgan fingerprint density at radius 1 is 1.33 bits per heavy atom. The van der Waals surface area contributed by atoms with Crippen molar-refractivity contribution in [3.05, 3.63) is 0 Å². The predicted octanol–water partition coefficient (Wildman–Crippen LogP) is 1.10. The number of nitrogens with zero attached hydrogens (tertiary/aromatic N) is 2. The van der Waals surface area contributed by atoms with Crippen molar-refractivity contribution in [2.75, 3.05) is 13.1 Å². The summed E-state index contributed by atoms with van der Waals surface area (Å²) in [6.07, 6.45) is 3.21. The van der Waals surface area contributed by atoms with Crippen LogP contribution in [0.5, 0.6) is 0 Å². The molecule has 0 saturated carbocycles. The van der Waals surface area contributed by atoms with E-state index in [4.69, 9.17) is 0 Å². The van der Waals surface area contributed by atoms with Crippen LogP contribution in [0.15, 0.2) is 0 Å². The van der Waals surface area contributed by atoms with Crippen LogP contribution in [0, 0.1) is 5.92 Å². The molecule has 2 unspecified atom stereocenters. The maximum atomic E-state index is 12.5. The third kappa shape index (κ3) is 3.04. The van der Waals surface area contributed by atoms with Gasteiger partial charge in [-0.2, -0.15) is 0 Å². The topological polar surface area (TPSA) is 77.9 Å². The fourth-order valence-electron chi connectivity index (χ4n) is 3.50. The van der Waals surface area contributed by atoms with Gasteiger partial charge in [-0.3, -0.25) is 9.59 Å². The highest BCUT2D eigenvalue weighted by Gasteiger charge is 2.42. The van der Waals surface area contributed by atoms with Crippen LogP contribution in [0.25, 0.3) is 0 Å². The summed E-state index contributed by atoms with van der Waals surface area (Å²) in [5.74, 6) is -1.46. The van der Waals surface area contributed by atoms with Crippen molar-refractivity contribution < 1.29 is 19.5 Å². The van der Waals surface area contributed by atoms with Crippen molar-refractivity contribution in [1.82, 2.24) is 9.80 Å². The van der Waals surface area contributed by atoms with Crippen LogP contribution in [0.2, 0.25) is 0 Å². The molecule has 0 radical (unpaired) electrons. The van der Waals surface area contributed by atoms with Crippen molar-refractivity contribution in [2.24, 2.45) is 5.92 Å². The molecule has 0 spiro atoms. The first-order valence-electron chi connectivity index (χ1n) is 7.82. The molecule has 0 aliphatic carbocycles. The largest absolute Gasteiger partial charge is 0.480 e. The van der Waals surface area contributed by atoms with E-state index in [9.17, 15) is 19.5 Å². The van der Waals surface area contributed by atoms with E-state index in [1.807, 2.05) is 13.8 Å². The predicted molar refractivity (Wildman–Crippen MR) is 76.6 cm³/mol. The molecule has 2 aliphatic rings. The van der Waals surface area contributed by atoms with E-state index in [0.717, 1.165) is 19.3 Å². The van der Waals surface area contributed by atoms with Crippen LogP contribution in [0.4, 0.5) is 0 Å². The second-order valence-corrected chi connectivity index (χ2v) is 5.95. The highest BCUT2D eigenvalue weighted by Crippen LogP contribution is 2.27. The van der Waals surface area contributed by atoms with Crippen LogP contribution in [0.3, 0.4) is 0 Å². The maximum Gasteiger partial charge on any atom is 0.326 e. The number of hydrogen-bond donors (Lipinski definition) is 1. The van der Waals surface area contributed by atoms with Gasteiger partial charge in [-0.05, 0) is 25.7 Å². The normalized spacial score (nSPS) is 26.0. The smallest absolute Gasteiger partial charge is 0.326 e. The fraction of sp³-hybridized carbons (Fsp3) is 0.800. The number of carboxylic acids is 1. The van der Waals surface area contributed by atoms with Crippen molar-refractivity contribution in [3.63, 3.8) is 0 Å². The van der Waals surface area contributed by atoms with E-state index >= 15 is 0 Å². The monoisotopic (exact) mass is 296 g/mol. The Morgan fingerprint density at radius 2 is 2.00 bits per heavy atom. The lowest BCUT2D eigenvalue weighted by atomic mass is 10.1. The van der Waals surface area contributed by atoms with Gasteiger partial charge >= 0.3 is 5.97 Å². The van der Waals surface area contributed by atoms with Crippen molar-refractivity contribution >= 4 is 17.8 Å². The lowest BCUT2D eigenvalue weighted by molar-refractivity contribution is -0.149. The summed E-state index contributed by atoms with van der Waals surface area (Å²) < 4.78 is 0. The molecule has 2 atom stereocenters. The highest BCUT2D eigenvalue weighted by molar-refractivity contribution is 5.91. The zero-order valence-electron chi connectivity index (χ0n) is 12.7. The SMILES string of the molecule is CCC(CC)N1CC(C(=O)N2CCCC2C(=O)O)CC1=O. The quantitative estimate of drug-likeness (QED) is 0.824. The van der Waals surface area contributed by atoms with E-state index in [1.165, 1.54) is 4.90 Å². The van der Waals surface area contributed by atoms with Crippen LogP contribution in [0.1, 0.15) is 46.0 Å². The molecule has 0 aromatic heterocycles. The summed E-state index contributed by atoms with van der Waals surface area (Å²) in [5.41, 5.74) is 0. The minimum Gasteiger partial charge on any atom is -0.480 e. The van der Waals surface area contributed by atoms with Gasteiger partial charge in [0.05, 0.1) is 5.92 Å². The van der Waals surface area contributed by atoms with E-state index in [-0.39, 0.29) is 30.2 Å². The Morgan fingerprint density at radius 3 is 2.57 bits per heavy atom. The number of amides is 2. The molecule has 0 aromatic carbocycles. The van der Waals surface area contributed by atoms with Gasteiger partial charge in [0.15, 0.2) is 0 Å². The highest BCUT2D eigenvalue weighted by atomic mass is 16.4. The Balaban J connectivity index is 2.04. The summed E-state index contributed by atoms with van der Waals surface area (Å²) in [4.78, 5) is 39.1. The summed E-state index contributed by atoms with van der Waals surface area (Å²) in [7, 11) is 0. The van der Waals surface area contributed by atoms with Gasteiger partial charge in [-0.1, -0.05) is 13.8 Å². The van der Waals surface area contributed by atoms with E-state index < -0.39 is 12.0 Å². The molecule has 2 amide bonds. The van der Waals surface area contributed by atoms with Crippen molar-refractivity contribution in [2.45, 2.75) is 58.0 Å². The standard InChI is InChI=1S/C15H24N2O4/c1-3-11(4-2)17-9-10(8-13(17)18)14(19)16-7-5-6-12(16)15(20)21/h10-12H,3-9H2,1-2H3,(H,20,21). The molecule has 2 aliphatic heterocycles. The molecule has 2 saturated heterocycles. The molecule has 118 valence electrons. The maximum absolute atomic E-state index is 12.5. The average molecular weight is 296 g/mol. The third-order valence-electron chi connectivity index (χ3n) is 4.71. The number of carboxylic acid groups (broad SMARTS) is 1. The molecule has 2 heterocycles. The molecule has 2 fully saturated rings. The zero-order valence-corrected chi connectivity index (χ0v) is 12.7. The molecular formula is C15H24N2O4. The van der Waals surface area contributed by atoms with Crippen molar-refractivity contribution in [3.8, 4) is 0 Å². The number of likely N-dealkylation sites (tertiary alicyclic amines) is 2. The first-order valence-corrected chi connectivity index (χ1v) is 7.82. The average Bonchev–Trinajstić information content (AvgIpc) is 3.07. The molecule has 2 rings (SSSR count). The Hall–Kier alpha value is -1.59. The minimum atomic E-state index is -0.943. The number of hydrogen-bond acceptors (Lipinski definition) is 3. The third-order valence-corrected chi connectivity index (χ3v) is 4.71. The molecule has 21 heavy (non-hydrogen) atoms. The van der Waals surface area contributed by atoms with Gasteiger partial charge in [-0.25, -0.2) is 4.79 Å². The van der Waals surface area contributed by atoms with Crippen molar-refractivity contribution in [1.29, 1.82) is 0 Å². The molecule has 6 nitrogen and oxygen atoms in total. The van der Waals surface area contributed by atoms with E-state index in [0.29, 0.717) is 19.5 Å². The minimum absolute atomic E-state index is 0.0214. The van der Waals surface area contributed by atoms with Gasteiger partial charge in [0, 0.05) is 25.6 Å². The fourth-order valence-corrected chi connectivity index (χ4v) is 3.50. The van der Waals surface area contributed by atoms with Gasteiger partial charge in [0.2, 0.25) is 11.8 Å². The second-order valence-electron chi connectivity index (χ2n) is 5.95. The second kappa shape index (κ2) is 6.45. The summed E-state index contributed by atoms with van der Waals surface area (Å²) in [6.45, 7) is 5.01. The number of carbonyl (C=O) groups is 3. The van der Waals surface area contributed by atoms with E-state index in [1.54, 1.807) is 4.90 Å². The van der Waals surface area contributed by atoms with Crippen LogP contribution in [-0.4, -0.2) is 57.9 Å². The Kier molecular flexibility index (Phi) is 4.85. The van der Waals surface area contributed by atoms with Crippen LogP contribution >= 0.6 is 0 Å². The first kappa shape index (κ1) is 15.8. The number of rotatable bonds is 5. The Bertz CT molecular complexity index is 433. The molecule has 0 aromatic rings. The van der Waals surface area contributed by atoms with Gasteiger partial charge in [0.25, 0.3) is 0 Å². The van der Waals surface area contributed by atoms with Gasteiger partial charge < -0.3 is 14.9 Å². The molecule has 1 N–H and O–H groups in total. The molecule has 0 bridgehead atoms. The zero-order chi connectivity index (χ0) is 15.6. The number of aliphatic carboxylic acids is 1. The summed E-state index contributed by atoms with van der Waals surface area (Å²) in [5, 5.41) is 9.17. The van der Waals surface area contributed by atoms with Gasteiger partial charge in [-0.15, -0.1) is 0 Å². The number of carbonyl (C=O) groups excluding carboxylic acids is 2. The lowest BCUT2D eigenvalue weighted by Gasteiger charge is -2.27. The van der Waals surface area contributed by atoms with E-state index in [2.05, 4.69) is 0 Å². The van der Waals surface area contributed by atoms with Gasteiger partial charge in [0.1, 0.15) is 6.04 Å². The molecule has 6 heteroatoms. The lowest BCUT2D eigenvalue weighted by Crippen LogP contribution is -2.44. The Labute approximate surface area is 125 Å². The summed E-state index contributed by atoms with van der Waals surface area (Å²) in [6, 6.07) is -0.529. The van der Waals surface area contributed by atoms with Crippen LogP contribution in [-0.2, 0) is 14.4 Å².